The van der Waals surface area contributed by atoms with Crippen LogP contribution < -0.4 is 5.32 Å². The van der Waals surface area contributed by atoms with Crippen molar-refractivity contribution in [2.45, 2.75) is 32.4 Å². The highest BCUT2D eigenvalue weighted by Crippen LogP contribution is 2.26. The zero-order valence-corrected chi connectivity index (χ0v) is 11.1. The van der Waals surface area contributed by atoms with Gasteiger partial charge in [0.25, 0.3) is 0 Å². The van der Waals surface area contributed by atoms with Crippen LogP contribution in [-0.4, -0.2) is 11.1 Å². The number of nitrogens with zero attached hydrogens (tertiary/aromatic N) is 1. The van der Waals surface area contributed by atoms with Crippen molar-refractivity contribution in [3.63, 3.8) is 0 Å². The number of hydrogen-bond acceptors (Lipinski definition) is 1. The molecule has 1 aromatic carbocycles. The Labute approximate surface area is 109 Å². The van der Waals surface area contributed by atoms with Crippen molar-refractivity contribution in [2.24, 2.45) is 0 Å². The van der Waals surface area contributed by atoms with E-state index in [1.807, 2.05) is 0 Å². The van der Waals surface area contributed by atoms with Crippen molar-refractivity contribution >= 4 is 0 Å². The Morgan fingerprint density at radius 3 is 2.67 bits per heavy atom. The van der Waals surface area contributed by atoms with Crippen LogP contribution in [0.3, 0.4) is 0 Å². The number of benzene rings is 1. The number of aromatic nitrogens is 1. The molecule has 3 rings (SSSR count). The molecule has 2 nitrogen and oxygen atoms in total. The molecule has 0 amide bonds. The average Bonchev–Trinajstić information content (AvgIpc) is 2.87. The molecule has 1 unspecified atom stereocenters. The summed E-state index contributed by atoms with van der Waals surface area (Å²) in [5.41, 5.74) is 4.14. The van der Waals surface area contributed by atoms with Crippen LogP contribution in [0.2, 0.25) is 0 Å². The first-order valence-corrected chi connectivity index (χ1v) is 6.74. The summed E-state index contributed by atoms with van der Waals surface area (Å²) in [7, 11) is 0. The van der Waals surface area contributed by atoms with Crippen LogP contribution in [0.25, 0.3) is 0 Å². The number of rotatable bonds is 2. The van der Waals surface area contributed by atoms with E-state index in [9.17, 15) is 0 Å². The van der Waals surface area contributed by atoms with Crippen molar-refractivity contribution in [1.29, 1.82) is 0 Å². The van der Waals surface area contributed by atoms with Gasteiger partial charge in [0.2, 0.25) is 0 Å². The van der Waals surface area contributed by atoms with Crippen molar-refractivity contribution in [2.75, 3.05) is 6.54 Å². The molecule has 2 heteroatoms. The standard InChI is InChI=1S/C16H20N2/c1-12(2)13-5-7-14(8-6-13)16-15-4-3-10-18(15)11-9-17-16/h3-8,10,12,16-17H,9,11H2,1-2H3. The van der Waals surface area contributed by atoms with E-state index in [1.165, 1.54) is 16.8 Å². The normalized spacial score (nSPS) is 18.9. The Kier molecular flexibility index (Phi) is 2.96. The van der Waals surface area contributed by atoms with Crippen LogP contribution >= 0.6 is 0 Å². The summed E-state index contributed by atoms with van der Waals surface area (Å²) in [6.07, 6.45) is 2.17. The fraction of sp³-hybridized carbons (Fsp3) is 0.375. The fourth-order valence-electron chi connectivity index (χ4n) is 2.69. The van der Waals surface area contributed by atoms with Crippen molar-refractivity contribution < 1.29 is 0 Å². The molecule has 0 radical (unpaired) electrons. The SMILES string of the molecule is CC(C)c1ccc(C2NCCn3cccc32)cc1. The Bertz CT molecular complexity index is 522. The van der Waals surface area contributed by atoms with E-state index in [0.29, 0.717) is 12.0 Å². The molecule has 0 fully saturated rings. The Hall–Kier alpha value is -1.54. The van der Waals surface area contributed by atoms with Crippen LogP contribution in [0, 0.1) is 0 Å². The lowest BCUT2D eigenvalue weighted by atomic mass is 9.97. The minimum absolute atomic E-state index is 0.343. The third-order valence-electron chi connectivity index (χ3n) is 3.80. The van der Waals surface area contributed by atoms with E-state index in [4.69, 9.17) is 0 Å². The fourth-order valence-corrected chi connectivity index (χ4v) is 2.69. The van der Waals surface area contributed by atoms with Gasteiger partial charge in [0.15, 0.2) is 0 Å². The summed E-state index contributed by atoms with van der Waals surface area (Å²) < 4.78 is 2.34. The summed E-state index contributed by atoms with van der Waals surface area (Å²) >= 11 is 0. The van der Waals surface area contributed by atoms with Crippen LogP contribution in [0.1, 0.15) is 42.6 Å². The lowest BCUT2D eigenvalue weighted by Gasteiger charge is -2.27. The quantitative estimate of drug-likeness (QED) is 0.852. The second-order valence-electron chi connectivity index (χ2n) is 5.33. The number of nitrogens with one attached hydrogen (secondary N) is 1. The van der Waals surface area contributed by atoms with Gasteiger partial charge in [-0.1, -0.05) is 38.1 Å². The zero-order chi connectivity index (χ0) is 12.5. The number of fused-ring (bicyclic) bond motifs is 1. The van der Waals surface area contributed by atoms with Crippen LogP contribution in [0.5, 0.6) is 0 Å². The monoisotopic (exact) mass is 240 g/mol. The smallest absolute Gasteiger partial charge is 0.0731 e. The molecule has 0 saturated carbocycles. The largest absolute Gasteiger partial charge is 0.348 e. The van der Waals surface area contributed by atoms with Gasteiger partial charge < -0.3 is 9.88 Å². The minimum atomic E-state index is 0.343. The lowest BCUT2D eigenvalue weighted by Crippen LogP contribution is -2.33. The maximum Gasteiger partial charge on any atom is 0.0731 e. The van der Waals surface area contributed by atoms with Gasteiger partial charge >= 0.3 is 0 Å². The summed E-state index contributed by atoms with van der Waals surface area (Å²) in [5.74, 6) is 0.599. The highest BCUT2D eigenvalue weighted by atomic mass is 15.1. The second kappa shape index (κ2) is 4.62. The minimum Gasteiger partial charge on any atom is -0.348 e. The molecule has 2 heterocycles. The van der Waals surface area contributed by atoms with Gasteiger partial charge in [0.1, 0.15) is 0 Å². The molecule has 1 aliphatic rings. The van der Waals surface area contributed by atoms with E-state index in [-0.39, 0.29) is 0 Å². The molecule has 0 saturated heterocycles. The number of hydrogen-bond donors (Lipinski definition) is 1. The maximum atomic E-state index is 3.61. The van der Waals surface area contributed by atoms with Crippen molar-refractivity contribution in [3.05, 3.63) is 59.4 Å². The van der Waals surface area contributed by atoms with Gasteiger partial charge in [0, 0.05) is 25.0 Å². The van der Waals surface area contributed by atoms with Crippen LogP contribution in [-0.2, 0) is 6.54 Å². The average molecular weight is 240 g/mol. The van der Waals surface area contributed by atoms with Crippen LogP contribution in [0.4, 0.5) is 0 Å². The van der Waals surface area contributed by atoms with E-state index < -0.39 is 0 Å². The molecule has 1 atom stereocenters. The molecule has 94 valence electrons. The van der Waals surface area contributed by atoms with Gasteiger partial charge in [0.05, 0.1) is 6.04 Å². The molecule has 2 aromatic rings. The Balaban J connectivity index is 1.92. The summed E-state index contributed by atoms with van der Waals surface area (Å²) in [6.45, 7) is 6.58. The van der Waals surface area contributed by atoms with Gasteiger partial charge in [-0.2, -0.15) is 0 Å². The Morgan fingerprint density at radius 2 is 1.94 bits per heavy atom. The van der Waals surface area contributed by atoms with Crippen molar-refractivity contribution in [1.82, 2.24) is 9.88 Å². The third-order valence-corrected chi connectivity index (χ3v) is 3.80. The lowest BCUT2D eigenvalue weighted by molar-refractivity contribution is 0.467. The molecule has 18 heavy (non-hydrogen) atoms. The third kappa shape index (κ3) is 1.97. The zero-order valence-electron chi connectivity index (χ0n) is 11.1. The highest BCUT2D eigenvalue weighted by molar-refractivity contribution is 5.33. The van der Waals surface area contributed by atoms with Crippen molar-refractivity contribution in [3.8, 4) is 0 Å². The molecule has 1 N–H and O–H groups in total. The van der Waals surface area contributed by atoms with E-state index in [1.54, 1.807) is 0 Å². The van der Waals surface area contributed by atoms with Gasteiger partial charge in [-0.3, -0.25) is 0 Å². The molecule has 0 bridgehead atoms. The first-order chi connectivity index (χ1) is 8.75. The van der Waals surface area contributed by atoms with Crippen LogP contribution in [0.15, 0.2) is 42.6 Å². The molecule has 1 aromatic heterocycles. The molecule has 1 aliphatic heterocycles. The van der Waals surface area contributed by atoms with E-state index in [2.05, 4.69) is 66.3 Å². The molecular weight excluding hydrogens is 220 g/mol. The maximum absolute atomic E-state index is 3.61. The first kappa shape index (κ1) is 11.5. The van der Waals surface area contributed by atoms with E-state index in [0.717, 1.165) is 13.1 Å². The Morgan fingerprint density at radius 1 is 1.17 bits per heavy atom. The highest BCUT2D eigenvalue weighted by Gasteiger charge is 2.20. The predicted octanol–water partition coefficient (Wildman–Crippen LogP) is 3.30. The summed E-state index contributed by atoms with van der Waals surface area (Å²) in [6, 6.07) is 13.7. The molecule has 0 aliphatic carbocycles. The summed E-state index contributed by atoms with van der Waals surface area (Å²) in [5, 5.41) is 3.61. The van der Waals surface area contributed by atoms with Gasteiger partial charge in [-0.25, -0.2) is 0 Å². The topological polar surface area (TPSA) is 17.0 Å². The van der Waals surface area contributed by atoms with Gasteiger partial charge in [-0.05, 0) is 29.2 Å². The molecule has 0 spiro atoms. The predicted molar refractivity (Wildman–Crippen MR) is 74.8 cm³/mol. The molecular formula is C16H20N2. The first-order valence-electron chi connectivity index (χ1n) is 6.74. The summed E-state index contributed by atoms with van der Waals surface area (Å²) in [4.78, 5) is 0. The second-order valence-corrected chi connectivity index (χ2v) is 5.33. The van der Waals surface area contributed by atoms with E-state index >= 15 is 0 Å². The van der Waals surface area contributed by atoms with Gasteiger partial charge in [-0.15, -0.1) is 0 Å².